The number of para-hydroxylation sites is 1. The highest BCUT2D eigenvalue weighted by Gasteiger charge is 2.30. The maximum atomic E-state index is 12.2. The third-order valence-electron chi connectivity index (χ3n) is 3.66. The molecule has 2 atom stereocenters. The second-order valence-corrected chi connectivity index (χ2v) is 10.5. The Kier molecular flexibility index (Phi) is 5.60. The highest BCUT2D eigenvalue weighted by molar-refractivity contribution is 8.02. The number of nitrogens with one attached hydrogen (secondary N) is 2. The molecule has 0 unspecified atom stereocenters. The number of nitrogens with zero attached hydrogens (tertiary/aromatic N) is 2. The molecular weight excluding hydrogens is 380 g/mol. The van der Waals surface area contributed by atoms with Crippen LogP contribution in [0.4, 0.5) is 10.8 Å². The predicted octanol–water partition coefficient (Wildman–Crippen LogP) is 2.07. The Bertz CT molecular complexity index is 839. The second-order valence-electron chi connectivity index (χ2n) is 5.73. The lowest BCUT2D eigenvalue weighted by molar-refractivity contribution is -0.120. The fraction of sp³-hybridized carbons (Fsp3) is 0.400. The summed E-state index contributed by atoms with van der Waals surface area (Å²) in [5, 5.41) is 14.4. The molecule has 0 saturated carbocycles. The van der Waals surface area contributed by atoms with Gasteiger partial charge in [-0.15, -0.1) is 10.2 Å². The van der Waals surface area contributed by atoms with Crippen LogP contribution in [0, 0.1) is 0 Å². The Hall–Kier alpha value is -1.65. The molecule has 0 bridgehead atoms. The van der Waals surface area contributed by atoms with Gasteiger partial charge in [0.05, 0.1) is 16.8 Å². The van der Waals surface area contributed by atoms with E-state index in [0.717, 1.165) is 5.69 Å². The number of amides is 1. The zero-order chi connectivity index (χ0) is 17.9. The first-order chi connectivity index (χ1) is 11.9. The molecule has 2 aromatic rings. The maximum Gasteiger partial charge on any atom is 0.233 e. The van der Waals surface area contributed by atoms with Gasteiger partial charge in [0.2, 0.25) is 11.0 Å². The molecule has 134 valence electrons. The lowest BCUT2D eigenvalue weighted by Crippen LogP contribution is -2.39. The summed E-state index contributed by atoms with van der Waals surface area (Å²) in [6.45, 7) is 1.77. The molecule has 0 aliphatic carbocycles. The van der Waals surface area contributed by atoms with Crippen LogP contribution >= 0.6 is 23.1 Å². The van der Waals surface area contributed by atoms with Gasteiger partial charge >= 0.3 is 0 Å². The van der Waals surface area contributed by atoms with Crippen LogP contribution < -0.4 is 10.6 Å². The summed E-state index contributed by atoms with van der Waals surface area (Å²) in [4.78, 5) is 12.2. The van der Waals surface area contributed by atoms with E-state index in [1.807, 2.05) is 30.3 Å². The van der Waals surface area contributed by atoms with Gasteiger partial charge in [0.1, 0.15) is 0 Å². The number of rotatable bonds is 6. The van der Waals surface area contributed by atoms with Gasteiger partial charge < -0.3 is 10.6 Å². The lowest BCUT2D eigenvalue weighted by Gasteiger charge is -2.14. The zero-order valence-electron chi connectivity index (χ0n) is 13.5. The number of anilines is 2. The predicted molar refractivity (Wildman–Crippen MR) is 100 cm³/mol. The van der Waals surface area contributed by atoms with Gasteiger partial charge in [-0.3, -0.25) is 4.79 Å². The number of sulfone groups is 1. The molecule has 0 spiro atoms. The molecule has 3 rings (SSSR count). The Morgan fingerprint density at radius 2 is 2.08 bits per heavy atom. The molecule has 7 nitrogen and oxygen atoms in total. The number of carbonyl (C=O) groups is 1. The summed E-state index contributed by atoms with van der Waals surface area (Å²) in [5.74, 6) is -0.00958. The number of benzene rings is 1. The monoisotopic (exact) mass is 398 g/mol. The van der Waals surface area contributed by atoms with E-state index >= 15 is 0 Å². The Labute approximate surface area is 154 Å². The average molecular weight is 399 g/mol. The van der Waals surface area contributed by atoms with E-state index in [4.69, 9.17) is 0 Å². The third kappa shape index (κ3) is 5.16. The minimum Gasteiger partial charge on any atom is -0.351 e. The number of thioether (sulfide) groups is 1. The van der Waals surface area contributed by atoms with Gasteiger partial charge in [-0.1, -0.05) is 41.3 Å². The molecule has 1 aliphatic rings. The van der Waals surface area contributed by atoms with Gasteiger partial charge in [0.25, 0.3) is 0 Å². The number of hydrogen-bond donors (Lipinski definition) is 2. The summed E-state index contributed by atoms with van der Waals surface area (Å²) in [6, 6.07) is 9.36. The van der Waals surface area contributed by atoms with Crippen molar-refractivity contribution in [2.24, 2.45) is 0 Å². The highest BCUT2D eigenvalue weighted by Crippen LogP contribution is 2.30. The minimum atomic E-state index is -3.00. The van der Waals surface area contributed by atoms with Crippen LogP contribution in [0.2, 0.25) is 0 Å². The van der Waals surface area contributed by atoms with Crippen molar-refractivity contribution in [3.05, 3.63) is 30.3 Å². The molecule has 1 saturated heterocycles. The zero-order valence-corrected chi connectivity index (χ0v) is 16.0. The first-order valence-electron chi connectivity index (χ1n) is 7.74. The van der Waals surface area contributed by atoms with E-state index in [1.165, 1.54) is 23.1 Å². The van der Waals surface area contributed by atoms with E-state index in [2.05, 4.69) is 20.8 Å². The van der Waals surface area contributed by atoms with Crippen molar-refractivity contribution >= 4 is 49.7 Å². The number of carbonyl (C=O) groups excluding carboxylic acids is 1. The summed E-state index contributed by atoms with van der Waals surface area (Å²) < 4.78 is 23.6. The SMILES string of the molecule is C[C@@H](Sc1nnc(Nc2ccccc2)s1)C(=O)N[C@@H]1CCS(=O)(=O)C1. The minimum absolute atomic E-state index is 0.0279. The largest absolute Gasteiger partial charge is 0.351 e. The van der Waals surface area contributed by atoms with Gasteiger partial charge in [-0.25, -0.2) is 8.42 Å². The van der Waals surface area contributed by atoms with Crippen molar-refractivity contribution in [1.29, 1.82) is 0 Å². The Balaban J connectivity index is 1.52. The first kappa shape index (κ1) is 18.2. The molecule has 1 aromatic carbocycles. The summed E-state index contributed by atoms with van der Waals surface area (Å²) >= 11 is 2.68. The Morgan fingerprint density at radius 1 is 1.32 bits per heavy atom. The van der Waals surface area contributed by atoms with Gasteiger partial charge in [-0.2, -0.15) is 0 Å². The first-order valence-corrected chi connectivity index (χ1v) is 11.3. The molecule has 2 N–H and O–H groups in total. The topological polar surface area (TPSA) is 101 Å². The molecule has 25 heavy (non-hydrogen) atoms. The van der Waals surface area contributed by atoms with Crippen molar-refractivity contribution in [3.8, 4) is 0 Å². The number of aromatic nitrogens is 2. The van der Waals surface area contributed by atoms with E-state index in [-0.39, 0.29) is 28.7 Å². The van der Waals surface area contributed by atoms with E-state index in [1.54, 1.807) is 6.92 Å². The summed E-state index contributed by atoms with van der Waals surface area (Å²) in [7, 11) is -3.00. The highest BCUT2D eigenvalue weighted by atomic mass is 32.2. The molecule has 10 heteroatoms. The fourth-order valence-corrected chi connectivity index (χ4v) is 5.98. The molecular formula is C15H18N4O3S3. The van der Waals surface area contributed by atoms with Gasteiger partial charge in [0, 0.05) is 11.7 Å². The molecule has 1 amide bonds. The summed E-state index contributed by atoms with van der Waals surface area (Å²) in [6.07, 6.45) is 0.482. The van der Waals surface area contributed by atoms with Crippen molar-refractivity contribution < 1.29 is 13.2 Å². The van der Waals surface area contributed by atoms with E-state index in [9.17, 15) is 13.2 Å². The van der Waals surface area contributed by atoms with Crippen LogP contribution in [0.1, 0.15) is 13.3 Å². The van der Waals surface area contributed by atoms with Crippen LogP contribution in [0.15, 0.2) is 34.7 Å². The molecule has 1 aromatic heterocycles. The van der Waals surface area contributed by atoms with Crippen LogP contribution in [0.25, 0.3) is 0 Å². The van der Waals surface area contributed by atoms with E-state index in [0.29, 0.717) is 15.9 Å². The maximum absolute atomic E-state index is 12.2. The van der Waals surface area contributed by atoms with Crippen molar-refractivity contribution in [1.82, 2.24) is 15.5 Å². The van der Waals surface area contributed by atoms with Crippen LogP contribution in [0.3, 0.4) is 0 Å². The second kappa shape index (κ2) is 7.71. The normalized spacial score (nSPS) is 20.1. The van der Waals surface area contributed by atoms with Crippen LogP contribution in [-0.2, 0) is 14.6 Å². The lowest BCUT2D eigenvalue weighted by atomic mass is 10.2. The third-order valence-corrected chi connectivity index (χ3v) is 7.45. The Morgan fingerprint density at radius 3 is 2.76 bits per heavy atom. The number of hydrogen-bond acceptors (Lipinski definition) is 8. The standard InChI is InChI=1S/C15H18N4O3S3/c1-10(13(20)16-12-7-8-25(21,22)9-12)23-15-19-18-14(24-15)17-11-5-3-2-4-6-11/h2-6,10,12H,7-9H2,1H3,(H,16,20)(H,17,18)/t10-,12-/m1/s1. The molecule has 0 radical (unpaired) electrons. The molecule has 1 aliphatic heterocycles. The van der Waals surface area contributed by atoms with Crippen molar-refractivity contribution in [2.45, 2.75) is 29.0 Å². The smallest absolute Gasteiger partial charge is 0.233 e. The quantitative estimate of drug-likeness (QED) is 0.718. The fourth-order valence-electron chi connectivity index (χ4n) is 2.38. The molecule has 1 fully saturated rings. The van der Waals surface area contributed by atoms with Crippen LogP contribution in [-0.4, -0.2) is 47.3 Å². The summed E-state index contributed by atoms with van der Waals surface area (Å²) in [5.41, 5.74) is 0.920. The van der Waals surface area contributed by atoms with Gasteiger partial charge in [0.15, 0.2) is 14.2 Å². The van der Waals surface area contributed by atoms with Gasteiger partial charge in [-0.05, 0) is 25.5 Å². The van der Waals surface area contributed by atoms with Crippen LogP contribution in [0.5, 0.6) is 0 Å². The average Bonchev–Trinajstić information content (AvgIpc) is 3.14. The van der Waals surface area contributed by atoms with Crippen molar-refractivity contribution in [2.75, 3.05) is 16.8 Å². The van der Waals surface area contributed by atoms with Crippen molar-refractivity contribution in [3.63, 3.8) is 0 Å². The molecule has 2 heterocycles. The van der Waals surface area contributed by atoms with E-state index < -0.39 is 9.84 Å².